The smallest absolute Gasteiger partial charge is 0.337 e. The lowest BCUT2D eigenvalue weighted by atomic mass is 10.1. The lowest BCUT2D eigenvalue weighted by molar-refractivity contribution is 0.0600. The number of methoxy groups -OCH3 is 1. The Bertz CT molecular complexity index is 855. The Morgan fingerprint density at radius 3 is 2.50 bits per heavy atom. The van der Waals surface area contributed by atoms with Crippen molar-refractivity contribution in [1.29, 1.82) is 0 Å². The van der Waals surface area contributed by atoms with Crippen molar-refractivity contribution in [3.05, 3.63) is 78.1 Å². The van der Waals surface area contributed by atoms with Crippen LogP contribution >= 0.6 is 0 Å². The molecule has 0 atom stereocenters. The summed E-state index contributed by atoms with van der Waals surface area (Å²) in [6.07, 6.45) is 3.52. The number of carbonyl (C=O) groups excluding carboxylic acids is 2. The first-order valence-corrected chi connectivity index (χ1v) is 7.27. The third-order valence-corrected chi connectivity index (χ3v) is 3.44. The summed E-state index contributed by atoms with van der Waals surface area (Å²) in [6.45, 7) is 0. The van der Waals surface area contributed by atoms with Crippen molar-refractivity contribution >= 4 is 17.6 Å². The zero-order valence-corrected chi connectivity index (χ0v) is 13.0. The molecule has 0 fully saturated rings. The first-order valence-electron chi connectivity index (χ1n) is 7.27. The Kier molecular flexibility index (Phi) is 4.38. The number of esters is 1. The van der Waals surface area contributed by atoms with E-state index in [4.69, 9.17) is 0 Å². The van der Waals surface area contributed by atoms with Crippen LogP contribution < -0.4 is 5.32 Å². The standard InChI is InChI=1S/C18H15N3O3/c1-24-18(23)14-4-2-5-15(12-14)20-17(22)13-6-8-16(9-7-13)21-11-3-10-19-21/h2-12H,1H3,(H,20,22). The number of carbonyl (C=O) groups is 2. The van der Waals surface area contributed by atoms with Gasteiger partial charge in [-0.2, -0.15) is 5.10 Å². The van der Waals surface area contributed by atoms with Crippen molar-refractivity contribution in [2.24, 2.45) is 0 Å². The Balaban J connectivity index is 1.74. The highest BCUT2D eigenvalue weighted by Crippen LogP contribution is 2.14. The lowest BCUT2D eigenvalue weighted by Crippen LogP contribution is -2.12. The van der Waals surface area contributed by atoms with Gasteiger partial charge in [0.25, 0.3) is 5.91 Å². The number of rotatable bonds is 4. The molecule has 0 aliphatic heterocycles. The van der Waals surface area contributed by atoms with Crippen LogP contribution in [0, 0.1) is 0 Å². The van der Waals surface area contributed by atoms with Crippen molar-refractivity contribution < 1.29 is 14.3 Å². The van der Waals surface area contributed by atoms with Crippen LogP contribution in [-0.4, -0.2) is 28.8 Å². The highest BCUT2D eigenvalue weighted by Gasteiger charge is 2.09. The molecule has 0 bridgehead atoms. The summed E-state index contributed by atoms with van der Waals surface area (Å²) in [7, 11) is 1.31. The fourth-order valence-electron chi connectivity index (χ4n) is 2.23. The molecule has 0 aliphatic carbocycles. The Labute approximate surface area is 138 Å². The number of nitrogens with one attached hydrogen (secondary N) is 1. The van der Waals surface area contributed by atoms with E-state index in [0.29, 0.717) is 16.8 Å². The summed E-state index contributed by atoms with van der Waals surface area (Å²) < 4.78 is 6.38. The minimum atomic E-state index is -0.449. The van der Waals surface area contributed by atoms with Gasteiger partial charge < -0.3 is 10.1 Å². The van der Waals surface area contributed by atoms with Crippen LogP contribution in [0.3, 0.4) is 0 Å². The number of benzene rings is 2. The molecule has 2 aromatic carbocycles. The molecule has 0 saturated heterocycles. The fourth-order valence-corrected chi connectivity index (χ4v) is 2.23. The van der Waals surface area contributed by atoms with Gasteiger partial charge in [0.05, 0.1) is 18.4 Å². The van der Waals surface area contributed by atoms with E-state index in [0.717, 1.165) is 5.69 Å². The average molecular weight is 321 g/mol. The number of anilines is 1. The van der Waals surface area contributed by atoms with Crippen LogP contribution in [-0.2, 0) is 4.74 Å². The van der Waals surface area contributed by atoms with E-state index in [1.54, 1.807) is 47.3 Å². The number of nitrogens with zero attached hydrogens (tertiary/aromatic N) is 2. The zero-order valence-electron chi connectivity index (χ0n) is 13.0. The average Bonchev–Trinajstić information content (AvgIpc) is 3.16. The van der Waals surface area contributed by atoms with Crippen molar-refractivity contribution in [3.63, 3.8) is 0 Å². The third kappa shape index (κ3) is 3.33. The maximum Gasteiger partial charge on any atom is 0.337 e. The van der Waals surface area contributed by atoms with Gasteiger partial charge in [-0.1, -0.05) is 6.07 Å². The van der Waals surface area contributed by atoms with E-state index in [9.17, 15) is 9.59 Å². The monoisotopic (exact) mass is 321 g/mol. The molecule has 1 N–H and O–H groups in total. The molecule has 1 aromatic heterocycles. The van der Waals surface area contributed by atoms with Gasteiger partial charge in [0, 0.05) is 23.6 Å². The largest absolute Gasteiger partial charge is 0.465 e. The molecular formula is C18H15N3O3. The van der Waals surface area contributed by atoms with Gasteiger partial charge in [-0.15, -0.1) is 0 Å². The molecule has 1 amide bonds. The van der Waals surface area contributed by atoms with Crippen LogP contribution in [0.5, 0.6) is 0 Å². The molecule has 120 valence electrons. The van der Waals surface area contributed by atoms with Gasteiger partial charge >= 0.3 is 5.97 Å². The Hall–Kier alpha value is -3.41. The molecule has 0 spiro atoms. The highest BCUT2D eigenvalue weighted by atomic mass is 16.5. The molecule has 0 saturated carbocycles. The van der Waals surface area contributed by atoms with Crippen molar-refractivity contribution in [3.8, 4) is 5.69 Å². The first kappa shape index (κ1) is 15.5. The van der Waals surface area contributed by atoms with E-state index in [-0.39, 0.29) is 5.91 Å². The second kappa shape index (κ2) is 6.78. The van der Waals surface area contributed by atoms with E-state index in [1.165, 1.54) is 7.11 Å². The van der Waals surface area contributed by atoms with E-state index in [2.05, 4.69) is 15.2 Å². The van der Waals surface area contributed by atoms with Crippen LogP contribution in [0.4, 0.5) is 5.69 Å². The topological polar surface area (TPSA) is 73.2 Å². The van der Waals surface area contributed by atoms with Gasteiger partial charge in [-0.05, 0) is 48.5 Å². The number of hydrogen-bond acceptors (Lipinski definition) is 4. The normalized spacial score (nSPS) is 10.2. The maximum atomic E-state index is 12.3. The summed E-state index contributed by atoms with van der Waals surface area (Å²) in [5.41, 5.74) is 2.28. The Morgan fingerprint density at radius 1 is 1.04 bits per heavy atom. The summed E-state index contributed by atoms with van der Waals surface area (Å²) >= 11 is 0. The predicted octanol–water partition coefficient (Wildman–Crippen LogP) is 2.91. The van der Waals surface area contributed by atoms with E-state index < -0.39 is 5.97 Å². The molecule has 3 aromatic rings. The van der Waals surface area contributed by atoms with Gasteiger partial charge in [0.15, 0.2) is 0 Å². The molecule has 0 unspecified atom stereocenters. The SMILES string of the molecule is COC(=O)c1cccc(NC(=O)c2ccc(-n3cccn3)cc2)c1. The quantitative estimate of drug-likeness (QED) is 0.750. The number of aromatic nitrogens is 2. The van der Waals surface area contributed by atoms with E-state index in [1.807, 2.05) is 24.4 Å². The second-order valence-corrected chi connectivity index (χ2v) is 5.02. The van der Waals surface area contributed by atoms with E-state index >= 15 is 0 Å². The molecule has 0 radical (unpaired) electrons. The molecule has 24 heavy (non-hydrogen) atoms. The molecule has 6 heteroatoms. The van der Waals surface area contributed by atoms with Gasteiger partial charge in [-0.3, -0.25) is 4.79 Å². The first-order chi connectivity index (χ1) is 11.7. The third-order valence-electron chi connectivity index (χ3n) is 3.44. The van der Waals surface area contributed by atoms with Gasteiger partial charge in [0.1, 0.15) is 0 Å². The van der Waals surface area contributed by atoms with Crippen molar-refractivity contribution in [1.82, 2.24) is 9.78 Å². The van der Waals surface area contributed by atoms with Crippen LogP contribution in [0.2, 0.25) is 0 Å². The summed E-state index contributed by atoms with van der Waals surface area (Å²) in [4.78, 5) is 23.8. The van der Waals surface area contributed by atoms with Crippen molar-refractivity contribution in [2.45, 2.75) is 0 Å². The van der Waals surface area contributed by atoms with Gasteiger partial charge in [-0.25, -0.2) is 9.48 Å². The lowest BCUT2D eigenvalue weighted by Gasteiger charge is -2.08. The maximum absolute atomic E-state index is 12.3. The second-order valence-electron chi connectivity index (χ2n) is 5.02. The zero-order chi connectivity index (χ0) is 16.9. The molecule has 0 aliphatic rings. The summed E-state index contributed by atoms with van der Waals surface area (Å²) in [5, 5.41) is 6.90. The van der Waals surface area contributed by atoms with Crippen LogP contribution in [0.25, 0.3) is 5.69 Å². The van der Waals surface area contributed by atoms with Crippen molar-refractivity contribution in [2.75, 3.05) is 12.4 Å². The summed E-state index contributed by atoms with van der Waals surface area (Å²) in [5.74, 6) is -0.710. The minimum Gasteiger partial charge on any atom is -0.465 e. The molecule has 3 rings (SSSR count). The van der Waals surface area contributed by atoms with Gasteiger partial charge in [0.2, 0.25) is 0 Å². The Morgan fingerprint density at radius 2 is 1.83 bits per heavy atom. The predicted molar refractivity (Wildman–Crippen MR) is 89.3 cm³/mol. The highest BCUT2D eigenvalue weighted by molar-refractivity contribution is 6.05. The fraction of sp³-hybridized carbons (Fsp3) is 0.0556. The minimum absolute atomic E-state index is 0.260. The number of hydrogen-bond donors (Lipinski definition) is 1. The number of ether oxygens (including phenoxy) is 1. The molecule has 6 nitrogen and oxygen atoms in total. The van der Waals surface area contributed by atoms with Crippen LogP contribution in [0.15, 0.2) is 67.0 Å². The number of amides is 1. The summed E-state index contributed by atoms with van der Waals surface area (Å²) in [6, 6.07) is 15.5. The molecular weight excluding hydrogens is 306 g/mol. The van der Waals surface area contributed by atoms with Crippen LogP contribution in [0.1, 0.15) is 20.7 Å². The molecule has 1 heterocycles.